The molecular formula is C12H15ClF2N2O. The number of carbonyl (C=O) groups is 1. The van der Waals surface area contributed by atoms with Gasteiger partial charge in [0, 0.05) is 6.07 Å². The number of benzene rings is 1. The van der Waals surface area contributed by atoms with E-state index in [9.17, 15) is 13.6 Å². The third kappa shape index (κ3) is 3.65. The minimum absolute atomic E-state index is 0. The molecule has 6 heteroatoms. The van der Waals surface area contributed by atoms with Gasteiger partial charge in [0.2, 0.25) is 5.91 Å². The second-order valence-electron chi connectivity index (χ2n) is 4.12. The summed E-state index contributed by atoms with van der Waals surface area (Å²) in [5.74, 6) is -1.68. The molecule has 1 aliphatic rings. The van der Waals surface area contributed by atoms with Crippen molar-refractivity contribution in [3.8, 4) is 0 Å². The van der Waals surface area contributed by atoms with Crippen LogP contribution in [0.15, 0.2) is 18.2 Å². The Balaban J connectivity index is 0.00000162. The second kappa shape index (κ2) is 6.66. The van der Waals surface area contributed by atoms with Gasteiger partial charge in [-0.3, -0.25) is 4.79 Å². The maximum Gasteiger partial charge on any atom is 0.241 e. The molecule has 1 fully saturated rings. The molecule has 1 aromatic rings. The summed E-state index contributed by atoms with van der Waals surface area (Å²) in [5.41, 5.74) is 0.0174. The first kappa shape index (κ1) is 14.9. The van der Waals surface area contributed by atoms with Crippen LogP contribution in [-0.4, -0.2) is 18.5 Å². The van der Waals surface area contributed by atoms with Crippen molar-refractivity contribution < 1.29 is 13.6 Å². The summed E-state index contributed by atoms with van der Waals surface area (Å²) >= 11 is 0. The van der Waals surface area contributed by atoms with Crippen LogP contribution in [0, 0.1) is 11.6 Å². The zero-order chi connectivity index (χ0) is 12.3. The van der Waals surface area contributed by atoms with E-state index < -0.39 is 11.6 Å². The zero-order valence-corrected chi connectivity index (χ0v) is 10.5. The lowest BCUT2D eigenvalue weighted by atomic mass is 10.0. The van der Waals surface area contributed by atoms with Crippen LogP contribution in [0.2, 0.25) is 0 Å². The number of carbonyl (C=O) groups excluding carboxylic acids is 1. The van der Waals surface area contributed by atoms with Gasteiger partial charge in [0.15, 0.2) is 0 Å². The van der Waals surface area contributed by atoms with E-state index >= 15 is 0 Å². The normalized spacial score (nSPS) is 18.9. The van der Waals surface area contributed by atoms with Crippen molar-refractivity contribution in [3.63, 3.8) is 0 Å². The van der Waals surface area contributed by atoms with Crippen LogP contribution in [0.1, 0.15) is 19.3 Å². The lowest BCUT2D eigenvalue weighted by Crippen LogP contribution is -2.43. The van der Waals surface area contributed by atoms with Crippen molar-refractivity contribution in [2.75, 3.05) is 11.9 Å². The Labute approximate surface area is 110 Å². The first-order chi connectivity index (χ1) is 8.16. The van der Waals surface area contributed by atoms with E-state index in [1.54, 1.807) is 0 Å². The molecule has 3 nitrogen and oxygen atoms in total. The predicted molar refractivity (Wildman–Crippen MR) is 67.9 cm³/mol. The maximum absolute atomic E-state index is 13.3. The molecule has 0 aromatic heterocycles. The summed E-state index contributed by atoms with van der Waals surface area (Å²) < 4.78 is 26.0. The molecule has 18 heavy (non-hydrogen) atoms. The highest BCUT2D eigenvalue weighted by atomic mass is 35.5. The molecule has 2 N–H and O–H groups in total. The molecule has 1 aromatic carbocycles. The summed E-state index contributed by atoms with van der Waals surface area (Å²) in [5, 5.41) is 5.53. The maximum atomic E-state index is 13.3. The van der Waals surface area contributed by atoms with Crippen molar-refractivity contribution in [2.24, 2.45) is 0 Å². The van der Waals surface area contributed by atoms with Gasteiger partial charge in [-0.2, -0.15) is 0 Å². The summed E-state index contributed by atoms with van der Waals surface area (Å²) in [4.78, 5) is 11.8. The molecule has 1 atom stereocenters. The van der Waals surface area contributed by atoms with Crippen molar-refractivity contribution >= 4 is 24.0 Å². The van der Waals surface area contributed by atoms with Gasteiger partial charge in [-0.25, -0.2) is 8.78 Å². The van der Waals surface area contributed by atoms with Crippen LogP contribution in [0.3, 0.4) is 0 Å². The van der Waals surface area contributed by atoms with Crippen molar-refractivity contribution in [3.05, 3.63) is 29.8 Å². The SMILES string of the molecule is Cl.O=C(Nc1ccc(F)cc1F)[C@@H]1CCCCN1. The molecule has 1 amide bonds. The first-order valence-corrected chi connectivity index (χ1v) is 5.66. The number of hydrogen-bond acceptors (Lipinski definition) is 2. The monoisotopic (exact) mass is 276 g/mol. The number of piperidine rings is 1. The second-order valence-corrected chi connectivity index (χ2v) is 4.12. The van der Waals surface area contributed by atoms with E-state index in [1.165, 1.54) is 6.07 Å². The van der Waals surface area contributed by atoms with Crippen LogP contribution >= 0.6 is 12.4 Å². The van der Waals surface area contributed by atoms with Crippen molar-refractivity contribution in [1.82, 2.24) is 5.32 Å². The van der Waals surface area contributed by atoms with E-state index in [2.05, 4.69) is 10.6 Å². The third-order valence-corrected chi connectivity index (χ3v) is 2.82. The number of hydrogen-bond donors (Lipinski definition) is 2. The molecular weight excluding hydrogens is 262 g/mol. The van der Waals surface area contributed by atoms with Gasteiger partial charge in [-0.15, -0.1) is 12.4 Å². The Morgan fingerprint density at radius 1 is 1.33 bits per heavy atom. The predicted octanol–water partition coefficient (Wildman–Crippen LogP) is 2.47. The van der Waals surface area contributed by atoms with Crippen molar-refractivity contribution in [2.45, 2.75) is 25.3 Å². The summed E-state index contributed by atoms with van der Waals surface area (Å²) in [6.07, 6.45) is 2.78. The number of amides is 1. The molecule has 1 heterocycles. The molecule has 0 unspecified atom stereocenters. The van der Waals surface area contributed by atoms with Gasteiger partial charge in [-0.05, 0) is 31.5 Å². The van der Waals surface area contributed by atoms with E-state index in [4.69, 9.17) is 0 Å². The minimum atomic E-state index is -0.755. The highest BCUT2D eigenvalue weighted by Gasteiger charge is 2.21. The largest absolute Gasteiger partial charge is 0.322 e. The first-order valence-electron chi connectivity index (χ1n) is 5.66. The highest BCUT2D eigenvalue weighted by Crippen LogP contribution is 2.16. The lowest BCUT2D eigenvalue weighted by Gasteiger charge is -2.22. The van der Waals surface area contributed by atoms with E-state index in [0.717, 1.165) is 37.9 Å². The minimum Gasteiger partial charge on any atom is -0.322 e. The highest BCUT2D eigenvalue weighted by molar-refractivity contribution is 5.94. The van der Waals surface area contributed by atoms with Crippen LogP contribution in [0.25, 0.3) is 0 Å². The average Bonchev–Trinajstić information content (AvgIpc) is 2.34. The van der Waals surface area contributed by atoms with Gasteiger partial charge in [0.05, 0.1) is 11.7 Å². The molecule has 1 saturated heterocycles. The molecule has 0 saturated carbocycles. The molecule has 0 radical (unpaired) electrons. The molecule has 0 bridgehead atoms. The zero-order valence-electron chi connectivity index (χ0n) is 9.71. The average molecular weight is 277 g/mol. The topological polar surface area (TPSA) is 41.1 Å². The summed E-state index contributed by atoms with van der Waals surface area (Å²) in [6.45, 7) is 0.796. The number of halogens is 3. The molecule has 0 spiro atoms. The van der Waals surface area contributed by atoms with E-state index in [-0.39, 0.29) is 30.0 Å². The Bertz CT molecular complexity index is 423. The Morgan fingerprint density at radius 2 is 2.11 bits per heavy atom. The van der Waals surface area contributed by atoms with Crippen LogP contribution in [-0.2, 0) is 4.79 Å². The fraction of sp³-hybridized carbons (Fsp3) is 0.417. The van der Waals surface area contributed by atoms with E-state index in [0.29, 0.717) is 0 Å². The lowest BCUT2D eigenvalue weighted by molar-refractivity contribution is -0.118. The molecule has 100 valence electrons. The molecule has 2 rings (SSSR count). The van der Waals surface area contributed by atoms with Gasteiger partial charge in [0.25, 0.3) is 0 Å². The quantitative estimate of drug-likeness (QED) is 0.871. The molecule has 0 aliphatic carbocycles. The summed E-state index contributed by atoms with van der Waals surface area (Å²) in [6, 6.07) is 2.82. The van der Waals surface area contributed by atoms with Gasteiger partial charge in [-0.1, -0.05) is 6.42 Å². The fourth-order valence-electron chi connectivity index (χ4n) is 1.89. The Kier molecular flexibility index (Phi) is 5.50. The van der Waals surface area contributed by atoms with Crippen LogP contribution in [0.5, 0.6) is 0 Å². The van der Waals surface area contributed by atoms with Gasteiger partial charge in [0.1, 0.15) is 11.6 Å². The number of nitrogens with one attached hydrogen (secondary N) is 2. The standard InChI is InChI=1S/C12H14F2N2O.ClH/c13-8-4-5-10(9(14)7-8)16-12(17)11-3-1-2-6-15-11;/h4-5,7,11,15H,1-3,6H2,(H,16,17);1H/t11-;/m0./s1. The smallest absolute Gasteiger partial charge is 0.241 e. The van der Waals surface area contributed by atoms with Crippen molar-refractivity contribution in [1.29, 1.82) is 0 Å². The van der Waals surface area contributed by atoms with Crippen LogP contribution in [0.4, 0.5) is 14.5 Å². The van der Waals surface area contributed by atoms with Gasteiger partial charge < -0.3 is 10.6 Å². The molecule has 1 aliphatic heterocycles. The fourth-order valence-corrected chi connectivity index (χ4v) is 1.89. The third-order valence-electron chi connectivity index (χ3n) is 2.82. The summed E-state index contributed by atoms with van der Waals surface area (Å²) in [7, 11) is 0. The van der Waals surface area contributed by atoms with Gasteiger partial charge >= 0.3 is 0 Å². The Morgan fingerprint density at radius 3 is 2.72 bits per heavy atom. The number of rotatable bonds is 2. The number of anilines is 1. The van der Waals surface area contributed by atoms with Crippen LogP contribution < -0.4 is 10.6 Å². The Hall–Kier alpha value is -1.20. The van der Waals surface area contributed by atoms with E-state index in [1.807, 2.05) is 0 Å².